The van der Waals surface area contributed by atoms with Crippen LogP contribution < -0.4 is 20.1 Å². The van der Waals surface area contributed by atoms with E-state index in [9.17, 15) is 4.79 Å². The maximum atomic E-state index is 11.7. The van der Waals surface area contributed by atoms with E-state index >= 15 is 0 Å². The summed E-state index contributed by atoms with van der Waals surface area (Å²) in [6.45, 7) is 4.21. The molecule has 5 heteroatoms. The molecular formula is C14H22N2O3. The molecule has 1 aromatic carbocycles. The molecular weight excluding hydrogens is 244 g/mol. The van der Waals surface area contributed by atoms with Crippen molar-refractivity contribution in [2.45, 2.75) is 26.3 Å². The van der Waals surface area contributed by atoms with Gasteiger partial charge < -0.3 is 20.1 Å². The predicted molar refractivity (Wildman–Crippen MR) is 75.9 cm³/mol. The van der Waals surface area contributed by atoms with Gasteiger partial charge >= 0.3 is 0 Å². The van der Waals surface area contributed by atoms with Gasteiger partial charge in [-0.2, -0.15) is 0 Å². The molecule has 0 radical (unpaired) electrons. The third-order valence-corrected chi connectivity index (χ3v) is 2.87. The van der Waals surface area contributed by atoms with Crippen LogP contribution in [0.5, 0.6) is 11.5 Å². The van der Waals surface area contributed by atoms with Crippen molar-refractivity contribution in [1.82, 2.24) is 5.32 Å². The van der Waals surface area contributed by atoms with Gasteiger partial charge in [0.05, 0.1) is 26.5 Å². The number of nitrogens with one attached hydrogen (secondary N) is 2. The molecule has 1 atom stereocenters. The van der Waals surface area contributed by atoms with Gasteiger partial charge in [0.15, 0.2) is 0 Å². The zero-order valence-electron chi connectivity index (χ0n) is 11.9. The Hall–Kier alpha value is -1.91. The Morgan fingerprint density at radius 1 is 1.32 bits per heavy atom. The van der Waals surface area contributed by atoms with Crippen molar-refractivity contribution in [2.24, 2.45) is 0 Å². The molecule has 0 saturated heterocycles. The fourth-order valence-corrected chi connectivity index (χ4v) is 1.56. The van der Waals surface area contributed by atoms with E-state index in [-0.39, 0.29) is 18.5 Å². The number of methoxy groups -OCH3 is 2. The third-order valence-electron chi connectivity index (χ3n) is 2.87. The Balaban J connectivity index is 2.63. The molecule has 0 bridgehead atoms. The molecule has 1 rings (SSSR count). The summed E-state index contributed by atoms with van der Waals surface area (Å²) in [5.41, 5.74) is 0.737. The summed E-state index contributed by atoms with van der Waals surface area (Å²) in [7, 11) is 3.19. The van der Waals surface area contributed by atoms with Crippen molar-refractivity contribution < 1.29 is 14.3 Å². The van der Waals surface area contributed by atoms with Crippen molar-refractivity contribution in [1.29, 1.82) is 0 Å². The fourth-order valence-electron chi connectivity index (χ4n) is 1.56. The van der Waals surface area contributed by atoms with E-state index in [0.717, 1.165) is 12.1 Å². The van der Waals surface area contributed by atoms with Gasteiger partial charge in [0, 0.05) is 12.1 Å². The predicted octanol–water partition coefficient (Wildman–Crippen LogP) is 2.03. The molecule has 0 aromatic heterocycles. The number of carbonyl (C=O) groups excluding carboxylic acids is 1. The average molecular weight is 266 g/mol. The van der Waals surface area contributed by atoms with E-state index in [1.54, 1.807) is 26.4 Å². The Bertz CT molecular complexity index is 421. The van der Waals surface area contributed by atoms with Gasteiger partial charge in [-0.15, -0.1) is 0 Å². The van der Waals surface area contributed by atoms with Crippen LogP contribution in [0.4, 0.5) is 5.69 Å². The smallest absolute Gasteiger partial charge is 0.239 e. The number of hydrogen-bond acceptors (Lipinski definition) is 4. The van der Waals surface area contributed by atoms with E-state index in [2.05, 4.69) is 10.6 Å². The minimum atomic E-state index is -0.0424. The number of amides is 1. The molecule has 0 aliphatic heterocycles. The summed E-state index contributed by atoms with van der Waals surface area (Å²) in [5, 5.41) is 5.94. The van der Waals surface area contributed by atoms with Crippen LogP contribution in [0.1, 0.15) is 20.3 Å². The van der Waals surface area contributed by atoms with Gasteiger partial charge in [0.25, 0.3) is 0 Å². The lowest BCUT2D eigenvalue weighted by Gasteiger charge is -2.14. The highest BCUT2D eigenvalue weighted by molar-refractivity contribution is 5.81. The number of hydrogen-bond donors (Lipinski definition) is 2. The Morgan fingerprint density at radius 3 is 2.63 bits per heavy atom. The second-order valence-corrected chi connectivity index (χ2v) is 4.30. The SMILES string of the molecule is CCC(C)NC(=O)CNc1cc(OC)ccc1OC. The molecule has 0 fully saturated rings. The van der Waals surface area contributed by atoms with Crippen LogP contribution in [0.15, 0.2) is 18.2 Å². The Labute approximate surface area is 114 Å². The summed E-state index contributed by atoms with van der Waals surface area (Å²) < 4.78 is 10.4. The minimum absolute atomic E-state index is 0.0424. The van der Waals surface area contributed by atoms with Crippen LogP contribution in [0.25, 0.3) is 0 Å². The van der Waals surface area contributed by atoms with E-state index in [0.29, 0.717) is 11.5 Å². The van der Waals surface area contributed by atoms with E-state index in [4.69, 9.17) is 9.47 Å². The molecule has 5 nitrogen and oxygen atoms in total. The molecule has 19 heavy (non-hydrogen) atoms. The highest BCUT2D eigenvalue weighted by Crippen LogP contribution is 2.28. The average Bonchev–Trinajstić information content (AvgIpc) is 2.44. The molecule has 2 N–H and O–H groups in total. The number of benzene rings is 1. The Morgan fingerprint density at radius 2 is 2.05 bits per heavy atom. The summed E-state index contributed by atoms with van der Waals surface area (Å²) in [5.74, 6) is 1.35. The van der Waals surface area contributed by atoms with Crippen LogP contribution in [0.2, 0.25) is 0 Å². The quantitative estimate of drug-likeness (QED) is 0.793. The van der Waals surface area contributed by atoms with Crippen LogP contribution in [-0.4, -0.2) is 32.7 Å². The van der Waals surface area contributed by atoms with E-state index in [1.807, 2.05) is 19.9 Å². The van der Waals surface area contributed by atoms with Crippen molar-refractivity contribution in [3.8, 4) is 11.5 Å². The maximum absolute atomic E-state index is 11.7. The lowest BCUT2D eigenvalue weighted by Crippen LogP contribution is -2.36. The highest BCUT2D eigenvalue weighted by atomic mass is 16.5. The van der Waals surface area contributed by atoms with Gasteiger partial charge in [-0.3, -0.25) is 4.79 Å². The minimum Gasteiger partial charge on any atom is -0.497 e. The number of anilines is 1. The number of carbonyl (C=O) groups is 1. The summed E-state index contributed by atoms with van der Waals surface area (Å²) in [4.78, 5) is 11.7. The first-order valence-electron chi connectivity index (χ1n) is 6.36. The molecule has 0 saturated carbocycles. The Kier molecular flexibility index (Phi) is 5.99. The van der Waals surface area contributed by atoms with Gasteiger partial charge in [-0.05, 0) is 25.5 Å². The maximum Gasteiger partial charge on any atom is 0.239 e. The van der Waals surface area contributed by atoms with Crippen molar-refractivity contribution in [2.75, 3.05) is 26.1 Å². The second-order valence-electron chi connectivity index (χ2n) is 4.30. The van der Waals surface area contributed by atoms with Crippen molar-refractivity contribution in [3.05, 3.63) is 18.2 Å². The third kappa shape index (κ3) is 4.69. The molecule has 106 valence electrons. The topological polar surface area (TPSA) is 59.6 Å². The molecule has 1 aromatic rings. The zero-order chi connectivity index (χ0) is 14.3. The molecule has 0 heterocycles. The van der Waals surface area contributed by atoms with Crippen LogP contribution in [0, 0.1) is 0 Å². The van der Waals surface area contributed by atoms with Crippen LogP contribution >= 0.6 is 0 Å². The highest BCUT2D eigenvalue weighted by Gasteiger charge is 2.08. The molecule has 0 aliphatic carbocycles. The van der Waals surface area contributed by atoms with E-state index < -0.39 is 0 Å². The lowest BCUT2D eigenvalue weighted by atomic mass is 10.2. The largest absolute Gasteiger partial charge is 0.497 e. The first kappa shape index (κ1) is 15.1. The standard InChI is InChI=1S/C14H22N2O3/c1-5-10(2)16-14(17)9-15-12-8-11(18-3)6-7-13(12)19-4/h6-8,10,15H,5,9H2,1-4H3,(H,16,17). The van der Waals surface area contributed by atoms with Crippen LogP contribution in [0.3, 0.4) is 0 Å². The number of rotatable bonds is 7. The molecule has 0 aliphatic rings. The summed E-state index contributed by atoms with van der Waals surface area (Å²) in [6.07, 6.45) is 0.911. The van der Waals surface area contributed by atoms with Gasteiger partial charge in [0.2, 0.25) is 5.91 Å². The van der Waals surface area contributed by atoms with Gasteiger partial charge in [-0.25, -0.2) is 0 Å². The number of ether oxygens (including phenoxy) is 2. The van der Waals surface area contributed by atoms with E-state index in [1.165, 1.54) is 0 Å². The first-order chi connectivity index (χ1) is 9.10. The first-order valence-corrected chi connectivity index (χ1v) is 6.36. The molecule has 0 spiro atoms. The zero-order valence-corrected chi connectivity index (χ0v) is 11.9. The monoisotopic (exact) mass is 266 g/mol. The fraction of sp³-hybridized carbons (Fsp3) is 0.500. The van der Waals surface area contributed by atoms with Crippen LogP contribution in [-0.2, 0) is 4.79 Å². The van der Waals surface area contributed by atoms with Crippen molar-refractivity contribution in [3.63, 3.8) is 0 Å². The van der Waals surface area contributed by atoms with Gasteiger partial charge in [0.1, 0.15) is 11.5 Å². The van der Waals surface area contributed by atoms with Crippen molar-refractivity contribution >= 4 is 11.6 Å². The summed E-state index contributed by atoms with van der Waals surface area (Å²) in [6, 6.07) is 5.59. The normalized spacial score (nSPS) is 11.6. The summed E-state index contributed by atoms with van der Waals surface area (Å²) >= 11 is 0. The molecule has 1 amide bonds. The van der Waals surface area contributed by atoms with Gasteiger partial charge in [-0.1, -0.05) is 6.92 Å². The lowest BCUT2D eigenvalue weighted by molar-refractivity contribution is -0.120. The molecule has 1 unspecified atom stereocenters. The second kappa shape index (κ2) is 7.51.